The van der Waals surface area contributed by atoms with E-state index in [1.165, 1.54) is 0 Å². The first-order valence-electron chi connectivity index (χ1n) is 5.00. The number of hydrogen-bond donors (Lipinski definition) is 0. The third-order valence-electron chi connectivity index (χ3n) is 3.05. The maximum absolute atomic E-state index is 14.4. The van der Waals surface area contributed by atoms with Gasteiger partial charge in [-0.15, -0.1) is 0 Å². The molecule has 78 valence electrons. The normalized spacial score (nSPS) is 31.9. The van der Waals surface area contributed by atoms with Crippen molar-refractivity contribution in [2.24, 2.45) is 5.92 Å². The zero-order valence-corrected chi connectivity index (χ0v) is 9.18. The molecule has 1 atom stereocenters. The molecule has 0 bridgehead atoms. The van der Waals surface area contributed by atoms with Crippen molar-refractivity contribution in [2.75, 3.05) is 12.3 Å². The van der Waals surface area contributed by atoms with Crippen LogP contribution in [-0.4, -0.2) is 12.3 Å². The second kappa shape index (κ2) is 3.00. The molecule has 1 fully saturated rings. The van der Waals surface area contributed by atoms with Crippen LogP contribution in [-0.2, 0) is 0 Å². The van der Waals surface area contributed by atoms with Crippen molar-refractivity contribution < 1.29 is 8.39 Å². The average molecular weight is 216 g/mol. The summed E-state index contributed by atoms with van der Waals surface area (Å²) < 4.78 is 28.9. The van der Waals surface area contributed by atoms with Crippen LogP contribution in [0, 0.1) is 5.92 Å². The van der Waals surface area contributed by atoms with Gasteiger partial charge < -0.3 is 0 Å². The van der Waals surface area contributed by atoms with Crippen molar-refractivity contribution in [3.8, 4) is 0 Å². The SMILES string of the molecule is CC1CCP(F)(F)(c2ccccc2)C1. The summed E-state index contributed by atoms with van der Waals surface area (Å²) in [6.45, 7) is 1.93. The van der Waals surface area contributed by atoms with Crippen LogP contribution in [0.3, 0.4) is 0 Å². The molecule has 1 aliphatic rings. The van der Waals surface area contributed by atoms with Crippen molar-refractivity contribution in [3.05, 3.63) is 30.3 Å². The quantitative estimate of drug-likeness (QED) is 0.628. The summed E-state index contributed by atoms with van der Waals surface area (Å²) in [5.74, 6) is 0.183. The van der Waals surface area contributed by atoms with Crippen LogP contribution in [0.4, 0.5) is 8.39 Å². The van der Waals surface area contributed by atoms with Gasteiger partial charge in [-0.1, -0.05) is 0 Å². The van der Waals surface area contributed by atoms with Gasteiger partial charge in [-0.2, -0.15) is 0 Å². The molecule has 0 amide bonds. The van der Waals surface area contributed by atoms with Crippen LogP contribution in [0.1, 0.15) is 13.3 Å². The molecule has 1 aromatic rings. The van der Waals surface area contributed by atoms with Gasteiger partial charge in [0.15, 0.2) is 0 Å². The second-order valence-corrected chi connectivity index (χ2v) is 8.22. The van der Waals surface area contributed by atoms with Gasteiger partial charge >= 0.3 is 82.8 Å². The van der Waals surface area contributed by atoms with E-state index in [9.17, 15) is 8.39 Å². The van der Waals surface area contributed by atoms with E-state index in [0.29, 0.717) is 11.7 Å². The van der Waals surface area contributed by atoms with Crippen LogP contribution >= 0.6 is 7.22 Å². The number of halogens is 2. The molecule has 1 saturated heterocycles. The summed E-state index contributed by atoms with van der Waals surface area (Å²) in [5.41, 5.74) is 0. The van der Waals surface area contributed by atoms with E-state index in [0.717, 1.165) is 0 Å². The molecule has 0 aliphatic carbocycles. The Balaban J connectivity index is 2.41. The molecule has 0 nitrogen and oxygen atoms in total. The van der Waals surface area contributed by atoms with Gasteiger partial charge in [0.25, 0.3) is 0 Å². The molecule has 0 N–H and O–H groups in total. The first kappa shape index (κ1) is 10.0. The topological polar surface area (TPSA) is 0 Å². The molecule has 0 saturated carbocycles. The van der Waals surface area contributed by atoms with Gasteiger partial charge in [0.1, 0.15) is 0 Å². The molecule has 0 aromatic heterocycles. The second-order valence-electron chi connectivity index (χ2n) is 4.39. The molecule has 2 rings (SSSR count). The van der Waals surface area contributed by atoms with Gasteiger partial charge in [-0.3, -0.25) is 0 Å². The van der Waals surface area contributed by atoms with Gasteiger partial charge in [0.05, 0.1) is 0 Å². The Kier molecular flexibility index (Phi) is 2.15. The van der Waals surface area contributed by atoms with E-state index >= 15 is 0 Å². The van der Waals surface area contributed by atoms with E-state index in [4.69, 9.17) is 0 Å². The molecule has 1 unspecified atom stereocenters. The third-order valence-corrected chi connectivity index (χ3v) is 6.94. The Morgan fingerprint density at radius 2 is 1.86 bits per heavy atom. The number of hydrogen-bond acceptors (Lipinski definition) is 0. The van der Waals surface area contributed by atoms with Gasteiger partial charge in [0.2, 0.25) is 0 Å². The van der Waals surface area contributed by atoms with Gasteiger partial charge in [-0.05, 0) is 0 Å². The molecule has 14 heavy (non-hydrogen) atoms. The van der Waals surface area contributed by atoms with Crippen molar-refractivity contribution in [1.29, 1.82) is 0 Å². The number of benzene rings is 1. The first-order valence-corrected chi connectivity index (χ1v) is 7.39. The Labute approximate surface area is 83.5 Å². The Morgan fingerprint density at radius 1 is 1.21 bits per heavy atom. The molecule has 3 heteroatoms. The summed E-state index contributed by atoms with van der Waals surface area (Å²) in [6, 6.07) is 8.41. The Morgan fingerprint density at radius 3 is 2.36 bits per heavy atom. The molecule has 1 aliphatic heterocycles. The first-order chi connectivity index (χ1) is 6.50. The summed E-state index contributed by atoms with van der Waals surface area (Å²) in [7, 11) is -4.50. The van der Waals surface area contributed by atoms with Gasteiger partial charge in [0, 0.05) is 0 Å². The predicted octanol–water partition coefficient (Wildman–Crippen LogP) is 3.67. The van der Waals surface area contributed by atoms with Crippen LogP contribution in [0.15, 0.2) is 30.3 Å². The zero-order valence-electron chi connectivity index (χ0n) is 8.29. The maximum atomic E-state index is 14.4. The van der Waals surface area contributed by atoms with Crippen LogP contribution in [0.25, 0.3) is 0 Å². The molecular weight excluding hydrogens is 201 g/mol. The predicted molar refractivity (Wildman–Crippen MR) is 58.7 cm³/mol. The number of rotatable bonds is 1. The monoisotopic (exact) mass is 216 g/mol. The molecule has 1 heterocycles. The van der Waals surface area contributed by atoms with Crippen molar-refractivity contribution in [3.63, 3.8) is 0 Å². The molecule has 0 spiro atoms. The van der Waals surface area contributed by atoms with Crippen molar-refractivity contribution in [1.82, 2.24) is 0 Å². The molecule has 1 aromatic carbocycles. The fourth-order valence-electron chi connectivity index (χ4n) is 2.25. The van der Waals surface area contributed by atoms with E-state index < -0.39 is 7.22 Å². The summed E-state index contributed by atoms with van der Waals surface area (Å²) in [4.78, 5) is 0. The molecule has 0 radical (unpaired) electrons. The van der Waals surface area contributed by atoms with E-state index in [1.54, 1.807) is 30.3 Å². The minimum atomic E-state index is -4.50. The fourth-order valence-corrected chi connectivity index (χ4v) is 6.08. The van der Waals surface area contributed by atoms with Gasteiger partial charge in [-0.25, -0.2) is 0 Å². The fraction of sp³-hybridized carbons (Fsp3) is 0.455. The Bertz CT molecular complexity index is 334. The van der Waals surface area contributed by atoms with E-state index in [2.05, 4.69) is 0 Å². The Hall–Kier alpha value is -0.490. The third kappa shape index (κ3) is 1.56. The van der Waals surface area contributed by atoms with E-state index in [-0.39, 0.29) is 18.2 Å². The minimum absolute atomic E-state index is 0.121. The standard InChI is InChI=1S/C11H15F2P/c1-10-7-8-14(12,13,9-10)11-5-3-2-4-6-11/h2-6,10H,7-9H2,1H3. The summed E-state index contributed by atoms with van der Waals surface area (Å²) >= 11 is 0. The van der Waals surface area contributed by atoms with E-state index in [1.807, 2.05) is 6.92 Å². The van der Waals surface area contributed by atoms with Crippen LogP contribution < -0.4 is 5.30 Å². The zero-order chi connectivity index (χ0) is 10.3. The summed E-state index contributed by atoms with van der Waals surface area (Å²) in [6.07, 6.45) is 0.923. The van der Waals surface area contributed by atoms with Crippen molar-refractivity contribution in [2.45, 2.75) is 13.3 Å². The summed E-state index contributed by atoms with van der Waals surface area (Å²) in [5, 5.41) is 0.308. The van der Waals surface area contributed by atoms with Crippen LogP contribution in [0.5, 0.6) is 0 Å². The van der Waals surface area contributed by atoms with Crippen LogP contribution in [0.2, 0.25) is 0 Å². The molecular formula is C11H15F2P. The average Bonchev–Trinajstić information content (AvgIpc) is 2.45. The van der Waals surface area contributed by atoms with Crippen molar-refractivity contribution >= 4 is 12.5 Å².